The van der Waals surface area contributed by atoms with Crippen molar-refractivity contribution in [1.29, 1.82) is 0 Å². The maximum atomic E-state index is 15.7. The number of carbonyl (C=O) groups is 3. The van der Waals surface area contributed by atoms with Crippen molar-refractivity contribution in [2.75, 3.05) is 37.7 Å². The van der Waals surface area contributed by atoms with Crippen LogP contribution in [0.15, 0.2) is 78.1 Å². The first-order valence-corrected chi connectivity index (χ1v) is 21.8. The average Bonchev–Trinajstić information content (AvgIpc) is 4.00. The Balaban J connectivity index is 0.771. The number of benzene rings is 1. The van der Waals surface area contributed by atoms with Crippen molar-refractivity contribution in [3.05, 3.63) is 111 Å². The molecule has 8 rings (SSSR count). The SMILES string of the molecule is CC(=O)c1ccc(N2CCN(C(=O)c3cc4c(C)nn(Cc5cccc(OCCCCCNC(=O)CCc6ccc7n6[B-](F)(F)[N+]6=C(C)C=C(C)C6=C7)c5)c4s3)C[C@H]2C)nc1. The van der Waals surface area contributed by atoms with Crippen LogP contribution in [0.4, 0.5) is 14.4 Å². The molecule has 7 heterocycles. The number of nitrogens with one attached hydrogen (secondary N) is 1. The van der Waals surface area contributed by atoms with Crippen LogP contribution in [0, 0.1) is 6.92 Å². The van der Waals surface area contributed by atoms with E-state index in [1.54, 1.807) is 43.5 Å². The summed E-state index contributed by atoms with van der Waals surface area (Å²) in [6.07, 6.45) is 8.01. The van der Waals surface area contributed by atoms with Crippen molar-refractivity contribution < 1.29 is 32.2 Å². The van der Waals surface area contributed by atoms with Crippen molar-refractivity contribution in [2.24, 2.45) is 0 Å². The summed E-state index contributed by atoms with van der Waals surface area (Å²) in [7, 11) is 0. The van der Waals surface area contributed by atoms with E-state index in [-0.39, 0.29) is 36.5 Å². The zero-order valence-corrected chi connectivity index (χ0v) is 36.1. The first-order valence-electron chi connectivity index (χ1n) is 21.0. The van der Waals surface area contributed by atoms with Gasteiger partial charge >= 0.3 is 6.97 Å². The van der Waals surface area contributed by atoms with Crippen molar-refractivity contribution in [2.45, 2.75) is 79.3 Å². The number of anilines is 1. The molecule has 1 N–H and O–H groups in total. The number of aromatic nitrogens is 4. The quantitative estimate of drug-likeness (QED) is 0.0659. The number of ketones is 1. The fourth-order valence-electron chi connectivity index (χ4n) is 8.68. The molecule has 0 spiro atoms. The number of allylic oxidation sites excluding steroid dienone is 2. The minimum atomic E-state index is -4.04. The number of unbranched alkanes of at least 4 members (excludes halogenated alkanes) is 2. The van der Waals surface area contributed by atoms with Gasteiger partial charge in [-0.15, -0.1) is 11.3 Å². The summed E-state index contributed by atoms with van der Waals surface area (Å²) < 4.78 is 41.6. The molecule has 2 amide bonds. The van der Waals surface area contributed by atoms with Crippen LogP contribution in [-0.2, 0) is 17.8 Å². The van der Waals surface area contributed by atoms with Gasteiger partial charge in [0.15, 0.2) is 11.5 Å². The zero-order valence-electron chi connectivity index (χ0n) is 35.3. The van der Waals surface area contributed by atoms with Crippen molar-refractivity contribution >= 4 is 63.7 Å². The lowest BCUT2D eigenvalue weighted by molar-refractivity contribution is -0.362. The standard InChI is InChI=1S/C45H51BF2N8O4S/c1-29-22-30(2)55-40(29)24-37-14-13-36(56(37)46(55,47)48)15-17-43(58)49-18-7-6-8-21-60-38-11-9-10-34(23-38)28-54-45-39(32(4)51-54)25-41(61-45)44(59)52-19-20-53(31(3)27-52)42-16-12-35(26-50-42)33(5)57/h9-14,16,22-26,31H,6-8,15,17-21,27-28H2,1-5H3,(H,49,58)/t31-/m1/s1. The van der Waals surface area contributed by atoms with E-state index >= 15 is 8.63 Å². The molecule has 4 aromatic heterocycles. The Morgan fingerprint density at radius 1 is 1.02 bits per heavy atom. The predicted molar refractivity (Wildman–Crippen MR) is 236 cm³/mol. The second kappa shape index (κ2) is 17.2. The normalized spacial score (nSPS) is 17.0. The lowest BCUT2D eigenvalue weighted by atomic mass is 9.89. The Hall–Kier alpha value is -5.90. The number of halogens is 2. The fraction of sp³-hybridized carbons (Fsp3) is 0.378. The van der Waals surface area contributed by atoms with Crippen LogP contribution in [0.3, 0.4) is 0 Å². The molecule has 3 aliphatic heterocycles. The molecule has 1 fully saturated rings. The molecule has 0 bridgehead atoms. The van der Waals surface area contributed by atoms with Gasteiger partial charge in [-0.05, 0) is 107 Å². The summed E-state index contributed by atoms with van der Waals surface area (Å²) in [5.41, 5.74) is 5.29. The zero-order chi connectivity index (χ0) is 43.0. The van der Waals surface area contributed by atoms with E-state index < -0.39 is 6.97 Å². The number of aryl methyl sites for hydroxylation is 2. The molecular weight excluding hydrogens is 797 g/mol. The largest absolute Gasteiger partial charge is 0.737 e. The number of pyridine rings is 1. The minimum Gasteiger partial charge on any atom is -0.494 e. The molecule has 0 aliphatic carbocycles. The second-order valence-corrected chi connectivity index (χ2v) is 17.3. The maximum Gasteiger partial charge on any atom is 0.737 e. The molecule has 0 saturated carbocycles. The number of amides is 2. The molecule has 0 radical (unpaired) electrons. The van der Waals surface area contributed by atoms with Crippen LogP contribution in [-0.4, -0.2) is 97.7 Å². The number of piperazine rings is 1. The third-order valence-corrected chi connectivity index (χ3v) is 13.0. The Bertz CT molecular complexity index is 2610. The van der Waals surface area contributed by atoms with Gasteiger partial charge in [0, 0.05) is 86.1 Å². The van der Waals surface area contributed by atoms with Gasteiger partial charge in [0.2, 0.25) is 5.91 Å². The third kappa shape index (κ3) is 8.55. The fourth-order valence-corrected chi connectivity index (χ4v) is 9.81. The molecular formula is C45H51BF2N8O4S. The first-order chi connectivity index (χ1) is 29.3. The highest BCUT2D eigenvalue weighted by Crippen LogP contribution is 2.36. The van der Waals surface area contributed by atoms with Gasteiger partial charge in [0.1, 0.15) is 22.1 Å². The highest BCUT2D eigenvalue weighted by molar-refractivity contribution is 7.20. The van der Waals surface area contributed by atoms with Crippen molar-refractivity contribution in [3.8, 4) is 5.75 Å². The number of carbonyl (C=O) groups excluding carboxylic acids is 3. The molecule has 5 aromatic rings. The van der Waals surface area contributed by atoms with Crippen molar-refractivity contribution in [3.63, 3.8) is 0 Å². The van der Waals surface area contributed by atoms with Gasteiger partial charge in [-0.2, -0.15) is 5.10 Å². The Morgan fingerprint density at radius 3 is 2.62 bits per heavy atom. The number of hydrogen-bond donors (Lipinski definition) is 1. The van der Waals surface area contributed by atoms with Crippen LogP contribution in [0.1, 0.15) is 96.1 Å². The Labute approximate surface area is 358 Å². The van der Waals surface area contributed by atoms with E-state index in [0.717, 1.165) is 66.8 Å². The van der Waals surface area contributed by atoms with Gasteiger partial charge in [0.25, 0.3) is 5.91 Å². The second-order valence-electron chi connectivity index (χ2n) is 16.3. The van der Waals surface area contributed by atoms with E-state index in [1.165, 1.54) is 18.3 Å². The summed E-state index contributed by atoms with van der Waals surface area (Å²) >= 11 is 1.47. The smallest absolute Gasteiger partial charge is 0.494 e. The topological polar surface area (TPSA) is 118 Å². The van der Waals surface area contributed by atoms with E-state index in [9.17, 15) is 14.4 Å². The molecule has 1 aromatic carbocycles. The number of thiophene rings is 1. The van der Waals surface area contributed by atoms with Crippen molar-refractivity contribution in [1.82, 2.24) is 29.5 Å². The highest BCUT2D eigenvalue weighted by atomic mass is 32.1. The number of Topliss-reactive ketones (excluding diaryl/α,β-unsaturated/α-hetero) is 1. The third-order valence-electron chi connectivity index (χ3n) is 11.8. The Kier molecular flexibility index (Phi) is 11.8. The number of nitrogens with zero attached hydrogens (tertiary/aromatic N) is 7. The molecule has 1 saturated heterocycles. The molecule has 1 atom stereocenters. The average molecular weight is 849 g/mol. The lowest BCUT2D eigenvalue weighted by Crippen LogP contribution is -2.54. The lowest BCUT2D eigenvalue weighted by Gasteiger charge is -2.40. The van der Waals surface area contributed by atoms with Gasteiger partial charge in [-0.3, -0.25) is 19.1 Å². The van der Waals surface area contributed by atoms with E-state index in [0.29, 0.717) is 72.6 Å². The first kappa shape index (κ1) is 41.8. The molecule has 3 aliphatic rings. The minimum absolute atomic E-state index is 0.0124. The monoisotopic (exact) mass is 848 g/mol. The molecule has 61 heavy (non-hydrogen) atoms. The predicted octanol–water partition coefficient (Wildman–Crippen LogP) is 7.51. The van der Waals surface area contributed by atoms with E-state index in [2.05, 4.69) is 22.1 Å². The van der Waals surface area contributed by atoms with Crippen LogP contribution in [0.2, 0.25) is 0 Å². The van der Waals surface area contributed by atoms with E-state index in [4.69, 9.17) is 9.84 Å². The molecule has 0 unspecified atom stereocenters. The summed E-state index contributed by atoms with van der Waals surface area (Å²) in [6, 6.07) is 17.1. The Morgan fingerprint density at radius 2 is 1.85 bits per heavy atom. The summed E-state index contributed by atoms with van der Waals surface area (Å²) in [4.78, 5) is 48.3. The maximum absolute atomic E-state index is 15.7. The van der Waals surface area contributed by atoms with Crippen LogP contribution in [0.5, 0.6) is 5.75 Å². The number of rotatable bonds is 15. The van der Waals surface area contributed by atoms with Gasteiger partial charge in [-0.1, -0.05) is 12.1 Å². The summed E-state index contributed by atoms with van der Waals surface area (Å²) in [6.45, 7) is 8.45. The van der Waals surface area contributed by atoms with Gasteiger partial charge in [0.05, 0.1) is 23.7 Å². The van der Waals surface area contributed by atoms with Gasteiger partial charge in [-0.25, -0.2) is 4.98 Å². The number of fused-ring (bicyclic) bond motifs is 3. The van der Waals surface area contributed by atoms with Crippen LogP contribution < -0.4 is 15.0 Å². The van der Waals surface area contributed by atoms with Gasteiger partial charge < -0.3 is 37.4 Å². The number of hydrogen-bond acceptors (Lipinski definition) is 8. The molecule has 12 nitrogen and oxygen atoms in total. The highest BCUT2D eigenvalue weighted by Gasteiger charge is 2.52. The molecule has 318 valence electrons. The van der Waals surface area contributed by atoms with E-state index in [1.807, 2.05) is 59.8 Å². The van der Waals surface area contributed by atoms with Crippen LogP contribution >= 0.6 is 11.3 Å². The summed E-state index contributed by atoms with van der Waals surface area (Å²) in [5, 5.41) is 8.71. The molecule has 16 heteroatoms. The number of ether oxygens (including phenoxy) is 1. The summed E-state index contributed by atoms with van der Waals surface area (Å²) in [5.74, 6) is 1.41. The van der Waals surface area contributed by atoms with Crippen LogP contribution in [0.25, 0.3) is 16.3 Å².